The Balaban J connectivity index is 1.56. The highest BCUT2D eigenvalue weighted by Crippen LogP contribution is 2.24. The fourth-order valence-electron chi connectivity index (χ4n) is 2.29. The molecule has 1 saturated carbocycles. The van der Waals surface area contributed by atoms with Crippen molar-refractivity contribution in [3.63, 3.8) is 0 Å². The number of anilines is 1. The number of benzene rings is 1. The van der Waals surface area contributed by atoms with Gasteiger partial charge in [0.1, 0.15) is 0 Å². The Bertz CT molecular complexity index is 337. The first-order chi connectivity index (χ1) is 8.34. The molecule has 2 nitrogen and oxygen atoms in total. The van der Waals surface area contributed by atoms with Crippen LogP contribution in [0.1, 0.15) is 25.7 Å². The van der Waals surface area contributed by atoms with Gasteiger partial charge in [-0.2, -0.15) is 0 Å². The van der Waals surface area contributed by atoms with Gasteiger partial charge < -0.3 is 10.1 Å². The number of hydrogen-bond acceptors (Lipinski definition) is 2. The molecule has 0 spiro atoms. The molecule has 0 aromatic heterocycles. The zero-order valence-electron chi connectivity index (χ0n) is 10.1. The normalized spacial score (nSPS) is 16.3. The topological polar surface area (TPSA) is 21.3 Å². The summed E-state index contributed by atoms with van der Waals surface area (Å²) in [5, 5.41) is 4.07. The van der Waals surface area contributed by atoms with Gasteiger partial charge in [0, 0.05) is 23.9 Å². The molecule has 0 unspecified atom stereocenters. The molecule has 1 fully saturated rings. The predicted octanol–water partition coefficient (Wildman–Crippen LogP) is 3.96. The third kappa shape index (κ3) is 4.57. The average Bonchev–Trinajstić information content (AvgIpc) is 2.82. The summed E-state index contributed by atoms with van der Waals surface area (Å²) >= 11 is 5.90. The highest BCUT2D eigenvalue weighted by molar-refractivity contribution is 6.30. The Morgan fingerprint density at radius 2 is 2.12 bits per heavy atom. The lowest BCUT2D eigenvalue weighted by atomic mass is 10.1. The number of ether oxygens (including phenoxy) is 1. The molecule has 2 rings (SSSR count). The van der Waals surface area contributed by atoms with E-state index in [0.29, 0.717) is 0 Å². The van der Waals surface area contributed by atoms with Crippen molar-refractivity contribution in [3.05, 3.63) is 29.3 Å². The van der Waals surface area contributed by atoms with E-state index in [2.05, 4.69) is 5.32 Å². The maximum absolute atomic E-state index is 5.90. The molecule has 1 aliphatic carbocycles. The summed E-state index contributed by atoms with van der Waals surface area (Å²) in [6, 6.07) is 7.77. The molecular weight excluding hydrogens is 234 g/mol. The van der Waals surface area contributed by atoms with Crippen LogP contribution >= 0.6 is 11.6 Å². The third-order valence-electron chi connectivity index (χ3n) is 3.23. The molecule has 0 amide bonds. The Labute approximate surface area is 108 Å². The van der Waals surface area contributed by atoms with Gasteiger partial charge >= 0.3 is 0 Å². The van der Waals surface area contributed by atoms with E-state index in [9.17, 15) is 0 Å². The average molecular weight is 254 g/mol. The summed E-state index contributed by atoms with van der Waals surface area (Å²) in [6.07, 6.45) is 5.47. The van der Waals surface area contributed by atoms with Crippen LogP contribution in [0.25, 0.3) is 0 Å². The van der Waals surface area contributed by atoms with Gasteiger partial charge in [0.15, 0.2) is 0 Å². The monoisotopic (exact) mass is 253 g/mol. The molecule has 0 bridgehead atoms. The minimum Gasteiger partial charge on any atom is -0.383 e. The van der Waals surface area contributed by atoms with Gasteiger partial charge in [0.05, 0.1) is 6.61 Å². The molecule has 1 aromatic rings. The largest absolute Gasteiger partial charge is 0.383 e. The van der Waals surface area contributed by atoms with E-state index < -0.39 is 0 Å². The molecule has 1 aromatic carbocycles. The zero-order chi connectivity index (χ0) is 11.9. The molecule has 0 saturated heterocycles. The molecule has 3 heteroatoms. The van der Waals surface area contributed by atoms with Crippen molar-refractivity contribution in [2.24, 2.45) is 5.92 Å². The van der Waals surface area contributed by atoms with Gasteiger partial charge in [-0.25, -0.2) is 0 Å². The van der Waals surface area contributed by atoms with Crippen LogP contribution in [0.4, 0.5) is 5.69 Å². The SMILES string of the molecule is Clc1cccc(NCCOCC2CCCC2)c1. The van der Waals surface area contributed by atoms with E-state index in [1.165, 1.54) is 25.7 Å². The fraction of sp³-hybridized carbons (Fsp3) is 0.571. The molecule has 0 radical (unpaired) electrons. The second-order valence-corrected chi connectivity index (χ2v) is 5.10. The summed E-state index contributed by atoms with van der Waals surface area (Å²) in [5.74, 6) is 0.807. The van der Waals surface area contributed by atoms with Gasteiger partial charge in [0.25, 0.3) is 0 Å². The second-order valence-electron chi connectivity index (χ2n) is 4.66. The minimum atomic E-state index is 0.766. The van der Waals surface area contributed by atoms with Crippen LogP contribution in [0.5, 0.6) is 0 Å². The Hall–Kier alpha value is -0.730. The van der Waals surface area contributed by atoms with Crippen LogP contribution in [0.15, 0.2) is 24.3 Å². The van der Waals surface area contributed by atoms with Crippen molar-refractivity contribution in [1.82, 2.24) is 0 Å². The molecule has 0 heterocycles. The molecule has 1 N–H and O–H groups in total. The van der Waals surface area contributed by atoms with Crippen molar-refractivity contribution >= 4 is 17.3 Å². The van der Waals surface area contributed by atoms with Crippen molar-refractivity contribution in [2.45, 2.75) is 25.7 Å². The molecular formula is C14H20ClNO. The molecule has 94 valence electrons. The molecule has 1 aliphatic rings. The first-order valence-electron chi connectivity index (χ1n) is 6.42. The number of nitrogens with one attached hydrogen (secondary N) is 1. The van der Waals surface area contributed by atoms with Gasteiger partial charge in [-0.1, -0.05) is 30.5 Å². The Morgan fingerprint density at radius 3 is 2.88 bits per heavy atom. The summed E-state index contributed by atoms with van der Waals surface area (Å²) in [5.41, 5.74) is 1.06. The van der Waals surface area contributed by atoms with E-state index in [1.54, 1.807) is 0 Å². The van der Waals surface area contributed by atoms with Crippen LogP contribution in [0.3, 0.4) is 0 Å². The van der Waals surface area contributed by atoms with E-state index in [4.69, 9.17) is 16.3 Å². The lowest BCUT2D eigenvalue weighted by Gasteiger charge is -2.11. The van der Waals surface area contributed by atoms with Crippen LogP contribution in [0, 0.1) is 5.92 Å². The first kappa shape index (κ1) is 12.7. The van der Waals surface area contributed by atoms with Gasteiger partial charge in [-0.3, -0.25) is 0 Å². The Kier molecular flexibility index (Phi) is 5.14. The first-order valence-corrected chi connectivity index (χ1v) is 6.79. The third-order valence-corrected chi connectivity index (χ3v) is 3.46. The summed E-state index contributed by atoms with van der Waals surface area (Å²) in [7, 11) is 0. The minimum absolute atomic E-state index is 0.766. The van der Waals surface area contributed by atoms with E-state index >= 15 is 0 Å². The van der Waals surface area contributed by atoms with E-state index in [1.807, 2.05) is 24.3 Å². The van der Waals surface area contributed by atoms with Crippen molar-refractivity contribution in [2.75, 3.05) is 25.1 Å². The van der Waals surface area contributed by atoms with Crippen molar-refractivity contribution < 1.29 is 4.74 Å². The Morgan fingerprint density at radius 1 is 1.29 bits per heavy atom. The fourth-order valence-corrected chi connectivity index (χ4v) is 2.48. The van der Waals surface area contributed by atoms with Gasteiger partial charge in [-0.15, -0.1) is 0 Å². The molecule has 0 aliphatic heterocycles. The smallest absolute Gasteiger partial charge is 0.0639 e. The predicted molar refractivity (Wildman–Crippen MR) is 72.7 cm³/mol. The number of rotatable bonds is 6. The molecule has 17 heavy (non-hydrogen) atoms. The summed E-state index contributed by atoms with van der Waals surface area (Å²) in [6.45, 7) is 2.54. The zero-order valence-corrected chi connectivity index (χ0v) is 10.9. The highest BCUT2D eigenvalue weighted by atomic mass is 35.5. The second kappa shape index (κ2) is 6.87. The standard InChI is InChI=1S/C14H20ClNO/c15-13-6-3-7-14(10-13)16-8-9-17-11-12-4-1-2-5-12/h3,6-7,10,12,16H,1-2,4-5,8-9,11H2. The van der Waals surface area contributed by atoms with E-state index in [0.717, 1.165) is 36.4 Å². The van der Waals surface area contributed by atoms with Gasteiger partial charge in [0.2, 0.25) is 0 Å². The quantitative estimate of drug-likeness (QED) is 0.775. The maximum atomic E-state index is 5.90. The van der Waals surface area contributed by atoms with Crippen LogP contribution < -0.4 is 5.32 Å². The van der Waals surface area contributed by atoms with Crippen molar-refractivity contribution in [1.29, 1.82) is 0 Å². The van der Waals surface area contributed by atoms with Crippen LogP contribution in [-0.4, -0.2) is 19.8 Å². The summed E-state index contributed by atoms with van der Waals surface area (Å²) < 4.78 is 5.67. The van der Waals surface area contributed by atoms with Crippen LogP contribution in [0.2, 0.25) is 5.02 Å². The lowest BCUT2D eigenvalue weighted by molar-refractivity contribution is 0.109. The lowest BCUT2D eigenvalue weighted by Crippen LogP contribution is -2.13. The van der Waals surface area contributed by atoms with Crippen LogP contribution in [-0.2, 0) is 4.74 Å². The highest BCUT2D eigenvalue weighted by Gasteiger charge is 2.14. The molecule has 0 atom stereocenters. The summed E-state index contributed by atoms with van der Waals surface area (Å²) in [4.78, 5) is 0. The van der Waals surface area contributed by atoms with E-state index in [-0.39, 0.29) is 0 Å². The maximum Gasteiger partial charge on any atom is 0.0639 e. The number of halogens is 1. The van der Waals surface area contributed by atoms with Crippen molar-refractivity contribution in [3.8, 4) is 0 Å². The number of hydrogen-bond donors (Lipinski definition) is 1. The van der Waals surface area contributed by atoms with Gasteiger partial charge in [-0.05, 0) is 37.0 Å².